The van der Waals surface area contributed by atoms with Crippen LogP contribution in [0.2, 0.25) is 0 Å². The van der Waals surface area contributed by atoms with Crippen molar-refractivity contribution in [3.05, 3.63) is 17.5 Å². The van der Waals surface area contributed by atoms with Crippen LogP contribution in [-0.2, 0) is 14.8 Å². The first-order chi connectivity index (χ1) is 8.91. The van der Waals surface area contributed by atoms with Crippen LogP contribution in [0.5, 0.6) is 0 Å². The van der Waals surface area contributed by atoms with Gasteiger partial charge in [0, 0.05) is 7.05 Å². The van der Waals surface area contributed by atoms with Crippen molar-refractivity contribution in [3.8, 4) is 0 Å². The van der Waals surface area contributed by atoms with Crippen LogP contribution in [0.25, 0.3) is 0 Å². The summed E-state index contributed by atoms with van der Waals surface area (Å²) in [4.78, 5) is 11.7. The summed E-state index contributed by atoms with van der Waals surface area (Å²) in [5.41, 5.74) is 0. The molecule has 0 spiro atoms. The number of aliphatic hydroxyl groups excluding tert-OH is 1. The third kappa shape index (κ3) is 4.27. The molecule has 1 rings (SSSR count). The highest BCUT2D eigenvalue weighted by molar-refractivity contribution is 7.91. The molecule has 0 aliphatic carbocycles. The standard InChI is InChI=1S/C11H18N2O4S2/c1-3-9(8-14)12-10(15)7-13(2)19(16,17)11-5-4-6-18-11/h4-6,9,14H,3,7-8H2,1-2H3,(H,12,15). The molecule has 1 atom stereocenters. The predicted octanol–water partition coefficient (Wildman–Crippen LogP) is 0.256. The molecule has 6 nitrogen and oxygen atoms in total. The fourth-order valence-corrected chi connectivity index (χ4v) is 3.73. The monoisotopic (exact) mass is 306 g/mol. The van der Waals surface area contributed by atoms with Crippen molar-refractivity contribution in [2.45, 2.75) is 23.6 Å². The molecule has 2 N–H and O–H groups in total. The van der Waals surface area contributed by atoms with Gasteiger partial charge in [-0.15, -0.1) is 11.3 Å². The number of likely N-dealkylation sites (N-methyl/N-ethyl adjacent to an activating group) is 1. The Kier molecular flexibility index (Phi) is 5.92. The Morgan fingerprint density at radius 3 is 2.74 bits per heavy atom. The summed E-state index contributed by atoms with van der Waals surface area (Å²) >= 11 is 1.11. The van der Waals surface area contributed by atoms with Gasteiger partial charge < -0.3 is 10.4 Å². The molecule has 0 saturated heterocycles. The second-order valence-corrected chi connectivity index (χ2v) is 7.27. The SMILES string of the molecule is CCC(CO)NC(=O)CN(C)S(=O)(=O)c1cccs1. The van der Waals surface area contributed by atoms with Crippen molar-refractivity contribution in [1.82, 2.24) is 9.62 Å². The zero-order valence-electron chi connectivity index (χ0n) is 10.9. The maximum Gasteiger partial charge on any atom is 0.252 e. The van der Waals surface area contributed by atoms with E-state index in [1.807, 2.05) is 6.92 Å². The van der Waals surface area contributed by atoms with E-state index in [0.717, 1.165) is 15.6 Å². The molecule has 19 heavy (non-hydrogen) atoms. The molecule has 8 heteroatoms. The summed E-state index contributed by atoms with van der Waals surface area (Å²) in [6.07, 6.45) is 0.587. The fourth-order valence-electron chi connectivity index (χ4n) is 1.40. The average Bonchev–Trinajstić information content (AvgIpc) is 2.90. The zero-order chi connectivity index (χ0) is 14.5. The Morgan fingerprint density at radius 2 is 2.26 bits per heavy atom. The normalized spacial score (nSPS) is 13.5. The highest BCUT2D eigenvalue weighted by atomic mass is 32.2. The van der Waals surface area contributed by atoms with Gasteiger partial charge in [-0.3, -0.25) is 4.79 Å². The van der Waals surface area contributed by atoms with Crippen LogP contribution in [0.4, 0.5) is 0 Å². The van der Waals surface area contributed by atoms with Crippen molar-refractivity contribution in [2.24, 2.45) is 0 Å². The molecule has 0 fully saturated rings. The van der Waals surface area contributed by atoms with Crippen LogP contribution >= 0.6 is 11.3 Å². The Bertz CT molecular complexity index is 495. The van der Waals surface area contributed by atoms with Gasteiger partial charge in [0.1, 0.15) is 4.21 Å². The minimum atomic E-state index is -3.61. The molecular weight excluding hydrogens is 288 g/mol. The number of thiophene rings is 1. The van der Waals surface area contributed by atoms with Gasteiger partial charge in [0.25, 0.3) is 10.0 Å². The van der Waals surface area contributed by atoms with Gasteiger partial charge in [-0.2, -0.15) is 4.31 Å². The summed E-state index contributed by atoms with van der Waals surface area (Å²) in [7, 11) is -2.26. The van der Waals surface area contributed by atoms with Gasteiger partial charge in [0.05, 0.1) is 19.2 Å². The number of sulfonamides is 1. The Hall–Kier alpha value is -0.960. The molecule has 0 aliphatic heterocycles. The number of nitrogens with zero attached hydrogens (tertiary/aromatic N) is 1. The van der Waals surface area contributed by atoms with E-state index in [1.165, 1.54) is 13.1 Å². The van der Waals surface area contributed by atoms with Gasteiger partial charge in [-0.05, 0) is 17.9 Å². The van der Waals surface area contributed by atoms with Crippen LogP contribution in [0.3, 0.4) is 0 Å². The highest BCUT2D eigenvalue weighted by Crippen LogP contribution is 2.19. The van der Waals surface area contributed by atoms with Crippen molar-refractivity contribution < 1.29 is 18.3 Å². The van der Waals surface area contributed by atoms with Gasteiger partial charge in [0.2, 0.25) is 5.91 Å². The summed E-state index contributed by atoms with van der Waals surface area (Å²) in [6.45, 7) is 1.40. The predicted molar refractivity (Wildman–Crippen MR) is 73.4 cm³/mol. The van der Waals surface area contributed by atoms with Gasteiger partial charge in [-0.25, -0.2) is 8.42 Å². The minimum absolute atomic E-state index is 0.163. The number of carbonyl (C=O) groups is 1. The van der Waals surface area contributed by atoms with Crippen molar-refractivity contribution >= 4 is 27.3 Å². The molecule has 0 bridgehead atoms. The van der Waals surface area contributed by atoms with Crippen LogP contribution in [0.1, 0.15) is 13.3 Å². The van der Waals surface area contributed by atoms with Crippen LogP contribution in [0.15, 0.2) is 21.7 Å². The quantitative estimate of drug-likeness (QED) is 0.756. The van der Waals surface area contributed by atoms with E-state index in [-0.39, 0.29) is 23.4 Å². The smallest absolute Gasteiger partial charge is 0.252 e. The lowest BCUT2D eigenvalue weighted by molar-refractivity contribution is -0.122. The lowest BCUT2D eigenvalue weighted by Gasteiger charge is -2.18. The largest absolute Gasteiger partial charge is 0.394 e. The summed E-state index contributed by atoms with van der Waals surface area (Å²) < 4.78 is 25.3. The van der Waals surface area contributed by atoms with Gasteiger partial charge in [0.15, 0.2) is 0 Å². The summed E-state index contributed by atoms with van der Waals surface area (Å²) in [5.74, 6) is -0.427. The maximum atomic E-state index is 12.1. The van der Waals surface area contributed by atoms with E-state index in [0.29, 0.717) is 6.42 Å². The number of hydrogen-bond acceptors (Lipinski definition) is 5. The highest BCUT2D eigenvalue weighted by Gasteiger charge is 2.24. The molecule has 1 aromatic rings. The molecule has 108 valence electrons. The summed E-state index contributed by atoms with van der Waals surface area (Å²) in [6, 6.07) is 2.80. The molecule has 0 aromatic carbocycles. The van der Waals surface area contributed by atoms with E-state index in [2.05, 4.69) is 5.32 Å². The molecule has 1 unspecified atom stereocenters. The molecular formula is C11H18N2O4S2. The molecule has 0 aliphatic rings. The molecule has 1 aromatic heterocycles. The molecule has 1 amide bonds. The number of carbonyl (C=O) groups excluding carboxylic acids is 1. The lowest BCUT2D eigenvalue weighted by atomic mass is 10.2. The third-order valence-corrected chi connectivity index (χ3v) is 5.78. The number of amides is 1. The minimum Gasteiger partial charge on any atom is -0.394 e. The van der Waals surface area contributed by atoms with E-state index >= 15 is 0 Å². The molecule has 0 radical (unpaired) electrons. The van der Waals surface area contributed by atoms with Gasteiger partial charge in [-0.1, -0.05) is 13.0 Å². The van der Waals surface area contributed by atoms with Crippen LogP contribution in [0, 0.1) is 0 Å². The van der Waals surface area contributed by atoms with E-state index in [1.54, 1.807) is 11.4 Å². The van der Waals surface area contributed by atoms with Gasteiger partial charge >= 0.3 is 0 Å². The number of aliphatic hydroxyl groups is 1. The number of rotatable bonds is 7. The Balaban J connectivity index is 2.65. The van der Waals surface area contributed by atoms with Crippen molar-refractivity contribution in [1.29, 1.82) is 0 Å². The molecule has 0 saturated carbocycles. The second-order valence-electron chi connectivity index (χ2n) is 4.05. The second kappa shape index (κ2) is 6.99. The first kappa shape index (κ1) is 16.1. The lowest BCUT2D eigenvalue weighted by Crippen LogP contribution is -2.43. The molecule has 1 heterocycles. The van der Waals surface area contributed by atoms with Crippen molar-refractivity contribution in [3.63, 3.8) is 0 Å². The summed E-state index contributed by atoms with van der Waals surface area (Å²) in [5, 5.41) is 13.2. The number of hydrogen-bond donors (Lipinski definition) is 2. The first-order valence-electron chi connectivity index (χ1n) is 5.81. The van der Waals surface area contributed by atoms with Crippen LogP contribution < -0.4 is 5.32 Å². The Morgan fingerprint density at radius 1 is 1.58 bits per heavy atom. The fraction of sp³-hybridized carbons (Fsp3) is 0.545. The first-order valence-corrected chi connectivity index (χ1v) is 8.13. The van der Waals surface area contributed by atoms with Crippen LogP contribution in [-0.4, -0.2) is 50.0 Å². The van der Waals surface area contributed by atoms with E-state index in [4.69, 9.17) is 5.11 Å². The zero-order valence-corrected chi connectivity index (χ0v) is 12.5. The number of nitrogens with one attached hydrogen (secondary N) is 1. The average molecular weight is 306 g/mol. The van der Waals surface area contributed by atoms with Crippen molar-refractivity contribution in [2.75, 3.05) is 20.2 Å². The third-order valence-electron chi connectivity index (χ3n) is 2.60. The maximum absolute atomic E-state index is 12.1. The van der Waals surface area contributed by atoms with E-state index in [9.17, 15) is 13.2 Å². The van der Waals surface area contributed by atoms with E-state index < -0.39 is 15.9 Å². The topological polar surface area (TPSA) is 86.7 Å². The Labute approximate surface area is 117 Å².